The smallest absolute Gasteiger partial charge is 0.124 e. The third-order valence-electron chi connectivity index (χ3n) is 5.36. The van der Waals surface area contributed by atoms with E-state index in [0.717, 1.165) is 32.9 Å². The summed E-state index contributed by atoms with van der Waals surface area (Å²) in [7, 11) is 0. The van der Waals surface area contributed by atoms with Crippen molar-refractivity contribution >= 4 is 54.4 Å². The van der Waals surface area contributed by atoms with Crippen molar-refractivity contribution in [3.63, 3.8) is 0 Å². The number of thiophene rings is 2. The quantitative estimate of drug-likeness (QED) is 0.271. The van der Waals surface area contributed by atoms with Gasteiger partial charge in [-0.1, -0.05) is 30.3 Å². The lowest BCUT2D eigenvalue weighted by molar-refractivity contribution is 1.37. The molecule has 0 spiro atoms. The molecule has 0 aliphatic rings. The molecule has 0 fully saturated rings. The van der Waals surface area contributed by atoms with Crippen LogP contribution in [0.5, 0.6) is 0 Å². The van der Waals surface area contributed by atoms with E-state index in [1.54, 1.807) is 34.0 Å². The van der Waals surface area contributed by atoms with Crippen LogP contribution >= 0.6 is 34.0 Å². The van der Waals surface area contributed by atoms with Crippen molar-refractivity contribution in [3.05, 3.63) is 76.7 Å². The zero-order valence-electron chi connectivity index (χ0n) is 16.9. The van der Waals surface area contributed by atoms with Crippen LogP contribution in [0.3, 0.4) is 0 Å². The highest BCUT2D eigenvalue weighted by atomic mass is 32.1. The number of aromatic nitrogens is 3. The second kappa shape index (κ2) is 7.34. The number of benzene rings is 1. The summed E-state index contributed by atoms with van der Waals surface area (Å²) in [6.45, 7) is 4.36. The van der Waals surface area contributed by atoms with Gasteiger partial charge < -0.3 is 0 Å². The number of nitrogens with zero attached hydrogens (tertiary/aromatic N) is 3. The number of aryl methyl sites for hydroxylation is 2. The van der Waals surface area contributed by atoms with Gasteiger partial charge in [-0.25, -0.2) is 4.98 Å². The minimum atomic E-state index is 1.01. The van der Waals surface area contributed by atoms with Gasteiger partial charge in [-0.2, -0.15) is 0 Å². The number of thiazole rings is 1. The van der Waals surface area contributed by atoms with E-state index < -0.39 is 0 Å². The van der Waals surface area contributed by atoms with Crippen LogP contribution in [-0.2, 0) is 0 Å². The Bertz CT molecular complexity index is 1460. The molecule has 0 saturated carbocycles. The van der Waals surface area contributed by atoms with Crippen LogP contribution in [0.4, 0.5) is 0 Å². The number of fused-ring (bicyclic) bond motifs is 2. The van der Waals surface area contributed by atoms with Crippen LogP contribution in [0, 0.1) is 13.8 Å². The molecule has 3 nitrogen and oxygen atoms in total. The summed E-state index contributed by atoms with van der Waals surface area (Å²) in [5, 5.41) is 1.02. The molecule has 150 valence electrons. The molecule has 0 unspecified atom stereocenters. The fourth-order valence-corrected chi connectivity index (χ4v) is 7.29. The van der Waals surface area contributed by atoms with Crippen molar-refractivity contribution in [1.29, 1.82) is 0 Å². The maximum absolute atomic E-state index is 5.20. The van der Waals surface area contributed by atoms with Crippen LogP contribution in [0.2, 0.25) is 0 Å². The molecule has 6 rings (SSSR count). The molecule has 0 bridgehead atoms. The highest BCUT2D eigenvalue weighted by molar-refractivity contribution is 7.22. The summed E-state index contributed by atoms with van der Waals surface area (Å²) in [6, 6.07) is 18.7. The largest absolute Gasteiger partial charge is 0.255 e. The second-order valence-electron chi connectivity index (χ2n) is 7.33. The van der Waals surface area contributed by atoms with Crippen LogP contribution in [0.1, 0.15) is 9.75 Å². The average molecular weight is 456 g/mol. The SMILES string of the molecule is Cc1sc2cccnc2c1-c1nc(-c2ccccc2)sc1-c1c(C)sc2cccnc12. The lowest BCUT2D eigenvalue weighted by Crippen LogP contribution is -1.86. The Labute approximate surface area is 191 Å². The predicted octanol–water partition coefficient (Wildman–Crippen LogP) is 7.98. The van der Waals surface area contributed by atoms with Gasteiger partial charge >= 0.3 is 0 Å². The number of pyridine rings is 2. The van der Waals surface area contributed by atoms with Crippen molar-refractivity contribution < 1.29 is 0 Å². The van der Waals surface area contributed by atoms with Crippen molar-refractivity contribution in [2.24, 2.45) is 0 Å². The Morgan fingerprint density at radius 3 is 1.94 bits per heavy atom. The fourth-order valence-electron chi connectivity index (χ4n) is 4.00. The van der Waals surface area contributed by atoms with Gasteiger partial charge in [0.15, 0.2) is 0 Å². The Balaban J connectivity index is 1.70. The molecule has 0 radical (unpaired) electrons. The monoisotopic (exact) mass is 455 g/mol. The summed E-state index contributed by atoms with van der Waals surface area (Å²) in [5.74, 6) is 0. The molecule has 6 aromatic rings. The highest BCUT2D eigenvalue weighted by Crippen LogP contribution is 2.49. The molecule has 6 heteroatoms. The van der Waals surface area contributed by atoms with E-state index in [1.165, 1.54) is 29.6 Å². The van der Waals surface area contributed by atoms with Crippen molar-refractivity contribution in [3.8, 4) is 32.3 Å². The normalized spacial score (nSPS) is 11.5. The molecule has 0 atom stereocenters. The minimum Gasteiger partial charge on any atom is -0.255 e. The van der Waals surface area contributed by atoms with E-state index in [4.69, 9.17) is 15.0 Å². The summed E-state index contributed by atoms with van der Waals surface area (Å²) in [6.07, 6.45) is 3.75. The molecule has 0 aliphatic heterocycles. The Morgan fingerprint density at radius 2 is 1.26 bits per heavy atom. The van der Waals surface area contributed by atoms with Gasteiger partial charge in [0.2, 0.25) is 0 Å². The first-order chi connectivity index (χ1) is 15.2. The number of hydrogen-bond donors (Lipinski definition) is 0. The topological polar surface area (TPSA) is 38.7 Å². The van der Waals surface area contributed by atoms with Gasteiger partial charge in [-0.15, -0.1) is 34.0 Å². The standard InChI is InChI=1S/C25H17N3S3/c1-14-19(21-17(29-14)10-6-12-26-21)23-24(31-25(28-23)16-8-4-3-5-9-16)20-15(2)30-18-11-7-13-27-22(18)20/h3-13H,1-2H3. The minimum absolute atomic E-state index is 1.01. The summed E-state index contributed by atoms with van der Waals surface area (Å²) >= 11 is 5.32. The lowest BCUT2D eigenvalue weighted by Gasteiger charge is -2.03. The number of hydrogen-bond acceptors (Lipinski definition) is 6. The molecule has 5 aromatic heterocycles. The molecule has 0 N–H and O–H groups in total. The summed E-state index contributed by atoms with van der Waals surface area (Å²) in [4.78, 5) is 18.4. The zero-order valence-corrected chi connectivity index (χ0v) is 19.4. The lowest BCUT2D eigenvalue weighted by atomic mass is 10.1. The van der Waals surface area contributed by atoms with Crippen molar-refractivity contribution in [2.75, 3.05) is 0 Å². The van der Waals surface area contributed by atoms with E-state index in [1.807, 2.05) is 30.6 Å². The molecule has 0 saturated heterocycles. The van der Waals surface area contributed by atoms with Gasteiger partial charge in [0.05, 0.1) is 31.0 Å². The Hall–Kier alpha value is -2.93. The fraction of sp³-hybridized carbons (Fsp3) is 0.0800. The molecule has 5 heterocycles. The third kappa shape index (κ3) is 3.02. The Kier molecular flexibility index (Phi) is 4.45. The van der Waals surface area contributed by atoms with E-state index in [9.17, 15) is 0 Å². The molecule has 0 amide bonds. The zero-order chi connectivity index (χ0) is 20.9. The predicted molar refractivity (Wildman–Crippen MR) is 134 cm³/mol. The first kappa shape index (κ1) is 18.8. The molecular weight excluding hydrogens is 438 g/mol. The second-order valence-corrected chi connectivity index (χ2v) is 10.8. The van der Waals surface area contributed by atoms with E-state index in [2.05, 4.69) is 50.2 Å². The average Bonchev–Trinajstić information content (AvgIpc) is 3.45. The van der Waals surface area contributed by atoms with Gasteiger partial charge in [-0.05, 0) is 38.1 Å². The van der Waals surface area contributed by atoms with Gasteiger partial charge in [0.1, 0.15) is 5.01 Å². The molecular formula is C25H17N3S3. The molecule has 1 aromatic carbocycles. The maximum Gasteiger partial charge on any atom is 0.124 e. The summed E-state index contributed by atoms with van der Waals surface area (Å²) < 4.78 is 2.40. The third-order valence-corrected chi connectivity index (χ3v) is 8.60. The van der Waals surface area contributed by atoms with Crippen molar-refractivity contribution in [2.45, 2.75) is 13.8 Å². The van der Waals surface area contributed by atoms with E-state index in [0.29, 0.717) is 0 Å². The van der Waals surface area contributed by atoms with Crippen LogP contribution < -0.4 is 0 Å². The summed E-state index contributed by atoms with van der Waals surface area (Å²) in [5.41, 5.74) is 6.57. The van der Waals surface area contributed by atoms with E-state index >= 15 is 0 Å². The van der Waals surface area contributed by atoms with Crippen LogP contribution in [-0.4, -0.2) is 15.0 Å². The molecule has 31 heavy (non-hydrogen) atoms. The maximum atomic E-state index is 5.20. The van der Waals surface area contributed by atoms with Gasteiger partial charge in [-0.3, -0.25) is 9.97 Å². The number of rotatable bonds is 3. The van der Waals surface area contributed by atoms with Gasteiger partial charge in [0.25, 0.3) is 0 Å². The van der Waals surface area contributed by atoms with Gasteiger partial charge in [0, 0.05) is 38.8 Å². The first-order valence-corrected chi connectivity index (χ1v) is 12.4. The van der Waals surface area contributed by atoms with E-state index in [-0.39, 0.29) is 0 Å². The first-order valence-electron chi connectivity index (χ1n) is 9.96. The highest BCUT2D eigenvalue weighted by Gasteiger charge is 2.25. The van der Waals surface area contributed by atoms with Crippen LogP contribution in [0.15, 0.2) is 67.0 Å². The van der Waals surface area contributed by atoms with Crippen molar-refractivity contribution in [1.82, 2.24) is 15.0 Å². The molecule has 0 aliphatic carbocycles. The Morgan fingerprint density at radius 1 is 0.645 bits per heavy atom. The van der Waals surface area contributed by atoms with Crippen LogP contribution in [0.25, 0.3) is 52.7 Å².